The number of piperidine rings is 1. The van der Waals surface area contributed by atoms with E-state index in [9.17, 15) is 4.79 Å². The van der Waals surface area contributed by atoms with E-state index in [1.165, 1.54) is 32.1 Å². The summed E-state index contributed by atoms with van der Waals surface area (Å²) in [4.78, 5) is 15.4. The van der Waals surface area contributed by atoms with Gasteiger partial charge in [-0.1, -0.05) is 0 Å². The molecule has 5 rings (SSSR count). The van der Waals surface area contributed by atoms with Crippen molar-refractivity contribution in [1.29, 1.82) is 0 Å². The molecule has 0 unspecified atom stereocenters. The highest BCUT2D eigenvalue weighted by Crippen LogP contribution is 2.55. The Kier molecular flexibility index (Phi) is 3.73. The van der Waals surface area contributed by atoms with Gasteiger partial charge in [-0.3, -0.25) is 4.79 Å². The molecule has 4 saturated carbocycles. The molecule has 22 heavy (non-hydrogen) atoms. The van der Waals surface area contributed by atoms with E-state index in [1.54, 1.807) is 7.11 Å². The summed E-state index contributed by atoms with van der Waals surface area (Å²) in [5, 5.41) is 3.35. The largest absolute Gasteiger partial charge is 0.368 e. The molecule has 124 valence electrons. The van der Waals surface area contributed by atoms with Crippen molar-refractivity contribution in [1.82, 2.24) is 10.2 Å². The first-order chi connectivity index (χ1) is 10.6. The van der Waals surface area contributed by atoms with Gasteiger partial charge in [0.1, 0.15) is 5.60 Å². The average molecular weight is 306 g/mol. The molecule has 1 N–H and O–H groups in total. The topological polar surface area (TPSA) is 41.6 Å². The maximum Gasteiger partial charge on any atom is 0.254 e. The molecule has 0 spiro atoms. The number of rotatable bonds is 3. The monoisotopic (exact) mass is 306 g/mol. The molecule has 5 fully saturated rings. The standard InChI is InChI=1S/C18H30N2O2/c1-20(17(21)18(22-2)3-5-19-6-4-18)16-14-8-12-7-13(10-14)11-15(16)9-12/h12-16,19H,3-11H2,1-2H3. The molecule has 0 aromatic heterocycles. The van der Waals surface area contributed by atoms with Gasteiger partial charge in [-0.15, -0.1) is 0 Å². The van der Waals surface area contributed by atoms with Gasteiger partial charge in [-0.25, -0.2) is 0 Å². The van der Waals surface area contributed by atoms with Crippen molar-refractivity contribution in [2.45, 2.75) is 56.6 Å². The summed E-state index contributed by atoms with van der Waals surface area (Å²) >= 11 is 0. The highest BCUT2D eigenvalue weighted by atomic mass is 16.5. The van der Waals surface area contributed by atoms with Crippen LogP contribution in [-0.2, 0) is 9.53 Å². The first kappa shape index (κ1) is 14.9. The fraction of sp³-hybridized carbons (Fsp3) is 0.944. The third-order valence-corrected chi connectivity index (χ3v) is 7.14. The number of likely N-dealkylation sites (N-methyl/N-ethyl adjacent to an activating group) is 1. The molecular formula is C18H30N2O2. The van der Waals surface area contributed by atoms with Crippen molar-refractivity contribution in [3.63, 3.8) is 0 Å². The molecule has 4 heteroatoms. The number of hydrogen-bond acceptors (Lipinski definition) is 3. The first-order valence-corrected chi connectivity index (χ1v) is 9.16. The lowest BCUT2D eigenvalue weighted by atomic mass is 9.54. The second kappa shape index (κ2) is 5.48. The van der Waals surface area contributed by atoms with Gasteiger partial charge in [-0.05, 0) is 81.7 Å². The molecule has 0 aromatic carbocycles. The summed E-state index contributed by atoms with van der Waals surface area (Å²) in [6, 6.07) is 0.474. The lowest BCUT2D eigenvalue weighted by Gasteiger charge is -2.57. The normalized spacial score (nSPS) is 42.4. The number of nitrogens with one attached hydrogen (secondary N) is 1. The van der Waals surface area contributed by atoms with Crippen LogP contribution in [0.5, 0.6) is 0 Å². The van der Waals surface area contributed by atoms with Crippen LogP contribution in [0.1, 0.15) is 44.9 Å². The van der Waals surface area contributed by atoms with E-state index >= 15 is 0 Å². The van der Waals surface area contributed by atoms with Crippen LogP contribution in [0.15, 0.2) is 0 Å². The highest BCUT2D eigenvalue weighted by molar-refractivity contribution is 5.85. The highest BCUT2D eigenvalue weighted by Gasteiger charge is 2.52. The van der Waals surface area contributed by atoms with E-state index in [4.69, 9.17) is 4.74 Å². The maximum absolute atomic E-state index is 13.2. The van der Waals surface area contributed by atoms with Crippen molar-refractivity contribution < 1.29 is 9.53 Å². The zero-order valence-electron chi connectivity index (χ0n) is 14.0. The van der Waals surface area contributed by atoms with Crippen LogP contribution in [0, 0.1) is 23.7 Å². The number of ether oxygens (including phenoxy) is 1. The predicted octanol–water partition coefficient (Wildman–Crippen LogP) is 2.04. The molecule has 4 aliphatic carbocycles. The van der Waals surface area contributed by atoms with Crippen LogP contribution >= 0.6 is 0 Å². The van der Waals surface area contributed by atoms with Crippen molar-refractivity contribution in [2.24, 2.45) is 23.7 Å². The van der Waals surface area contributed by atoms with E-state index in [0.717, 1.165) is 49.6 Å². The average Bonchev–Trinajstić information content (AvgIpc) is 2.53. The molecule has 0 aromatic rings. The Labute approximate surface area is 134 Å². The summed E-state index contributed by atoms with van der Waals surface area (Å²) in [6.07, 6.45) is 8.51. The van der Waals surface area contributed by atoms with E-state index in [1.807, 2.05) is 0 Å². The van der Waals surface area contributed by atoms with Crippen LogP contribution in [0.3, 0.4) is 0 Å². The van der Waals surface area contributed by atoms with Crippen LogP contribution in [0.2, 0.25) is 0 Å². The SMILES string of the molecule is COC1(C(=O)N(C)C2C3CC4CC(C3)CC2C4)CCNCC1. The third-order valence-electron chi connectivity index (χ3n) is 7.14. The Bertz CT molecular complexity index is 416. The first-order valence-electron chi connectivity index (χ1n) is 9.16. The number of methoxy groups -OCH3 is 1. The maximum atomic E-state index is 13.2. The molecule has 1 saturated heterocycles. The van der Waals surface area contributed by atoms with Crippen LogP contribution in [-0.4, -0.2) is 49.7 Å². The minimum Gasteiger partial charge on any atom is -0.368 e. The molecule has 0 atom stereocenters. The van der Waals surface area contributed by atoms with Gasteiger partial charge in [0.2, 0.25) is 0 Å². The Morgan fingerprint density at radius 1 is 1.05 bits per heavy atom. The molecule has 4 nitrogen and oxygen atoms in total. The summed E-state index contributed by atoms with van der Waals surface area (Å²) < 4.78 is 5.77. The number of carbonyl (C=O) groups excluding carboxylic acids is 1. The van der Waals surface area contributed by atoms with Crippen LogP contribution in [0.25, 0.3) is 0 Å². The van der Waals surface area contributed by atoms with Crippen molar-refractivity contribution >= 4 is 5.91 Å². The van der Waals surface area contributed by atoms with Crippen molar-refractivity contribution in [2.75, 3.05) is 27.2 Å². The summed E-state index contributed by atoms with van der Waals surface area (Å²) in [5.74, 6) is 3.66. The van der Waals surface area contributed by atoms with Crippen LogP contribution in [0.4, 0.5) is 0 Å². The Balaban J connectivity index is 1.53. The Morgan fingerprint density at radius 2 is 1.59 bits per heavy atom. The number of hydrogen-bond donors (Lipinski definition) is 1. The minimum absolute atomic E-state index is 0.244. The predicted molar refractivity (Wildman–Crippen MR) is 85.4 cm³/mol. The molecule has 5 aliphatic rings. The van der Waals surface area contributed by atoms with Gasteiger partial charge in [0.15, 0.2) is 0 Å². The van der Waals surface area contributed by atoms with Gasteiger partial charge in [0.05, 0.1) is 0 Å². The molecule has 0 radical (unpaired) electrons. The molecular weight excluding hydrogens is 276 g/mol. The molecule has 1 amide bonds. The molecule has 1 aliphatic heterocycles. The fourth-order valence-electron chi connectivity index (χ4n) is 6.32. The third kappa shape index (κ3) is 2.22. The van der Waals surface area contributed by atoms with Gasteiger partial charge >= 0.3 is 0 Å². The van der Waals surface area contributed by atoms with Gasteiger partial charge in [-0.2, -0.15) is 0 Å². The second-order valence-electron chi connectivity index (χ2n) is 8.29. The number of carbonyl (C=O) groups is 1. The van der Waals surface area contributed by atoms with E-state index in [2.05, 4.69) is 17.3 Å². The minimum atomic E-state index is -0.575. The quantitative estimate of drug-likeness (QED) is 0.867. The lowest BCUT2D eigenvalue weighted by Crippen LogP contribution is -2.62. The zero-order valence-corrected chi connectivity index (χ0v) is 14.0. The zero-order chi connectivity index (χ0) is 15.3. The van der Waals surface area contributed by atoms with Gasteiger partial charge in [0.25, 0.3) is 5.91 Å². The summed E-state index contributed by atoms with van der Waals surface area (Å²) in [6.45, 7) is 1.77. The summed E-state index contributed by atoms with van der Waals surface area (Å²) in [7, 11) is 3.77. The van der Waals surface area contributed by atoms with Gasteiger partial charge in [0, 0.05) is 20.2 Å². The van der Waals surface area contributed by atoms with E-state index < -0.39 is 5.60 Å². The van der Waals surface area contributed by atoms with Crippen molar-refractivity contribution in [3.8, 4) is 0 Å². The number of nitrogens with zero attached hydrogens (tertiary/aromatic N) is 1. The lowest BCUT2D eigenvalue weighted by molar-refractivity contribution is -0.167. The van der Waals surface area contributed by atoms with E-state index in [-0.39, 0.29) is 5.91 Å². The van der Waals surface area contributed by atoms with E-state index in [0.29, 0.717) is 6.04 Å². The Morgan fingerprint density at radius 3 is 2.09 bits per heavy atom. The molecule has 1 heterocycles. The van der Waals surface area contributed by atoms with Gasteiger partial charge < -0.3 is 15.0 Å². The van der Waals surface area contributed by atoms with Crippen molar-refractivity contribution in [3.05, 3.63) is 0 Å². The number of amides is 1. The second-order valence-corrected chi connectivity index (χ2v) is 8.29. The fourth-order valence-corrected chi connectivity index (χ4v) is 6.32. The van der Waals surface area contributed by atoms with Crippen LogP contribution < -0.4 is 5.32 Å². The molecule has 4 bridgehead atoms. The summed E-state index contributed by atoms with van der Waals surface area (Å²) in [5.41, 5.74) is -0.575. The smallest absolute Gasteiger partial charge is 0.254 e. The Hall–Kier alpha value is -0.610.